The first kappa shape index (κ1) is 17.4. The number of aromatic nitrogens is 4. The van der Waals surface area contributed by atoms with E-state index in [2.05, 4.69) is 25.7 Å². The Kier molecular flexibility index (Phi) is 3.97. The summed E-state index contributed by atoms with van der Waals surface area (Å²) in [4.78, 5) is 22.4. The van der Waals surface area contributed by atoms with Crippen molar-refractivity contribution in [2.24, 2.45) is 11.8 Å². The quantitative estimate of drug-likeness (QED) is 0.640. The van der Waals surface area contributed by atoms with Crippen LogP contribution in [0.3, 0.4) is 0 Å². The smallest absolute Gasteiger partial charge is 0.229 e. The first-order valence-electron chi connectivity index (χ1n) is 9.56. The summed E-state index contributed by atoms with van der Waals surface area (Å²) in [5.74, 6) is 0.686. The number of carbonyl (C=O) groups is 1. The lowest BCUT2D eigenvalue weighted by Crippen LogP contribution is -2.43. The van der Waals surface area contributed by atoms with Gasteiger partial charge in [-0.25, -0.2) is 9.37 Å². The molecule has 148 valence electrons. The van der Waals surface area contributed by atoms with Gasteiger partial charge in [0.05, 0.1) is 36.8 Å². The molecule has 0 aromatic carbocycles. The normalized spacial score (nSPS) is 25.5. The third-order valence-electron chi connectivity index (χ3n) is 5.71. The Labute approximate surface area is 161 Å². The van der Waals surface area contributed by atoms with E-state index in [9.17, 15) is 9.18 Å². The summed E-state index contributed by atoms with van der Waals surface area (Å²) >= 11 is 0. The molecule has 2 aromatic heterocycles. The minimum absolute atomic E-state index is 0.00647. The number of rotatable bonds is 7. The van der Waals surface area contributed by atoms with Gasteiger partial charge in [-0.05, 0) is 19.3 Å². The molecule has 0 radical (unpaired) electrons. The van der Waals surface area contributed by atoms with Gasteiger partial charge in [-0.3, -0.25) is 9.48 Å². The standard InChI is InChI=1S/C18H22FN7O2/c19-14-7-20-17(22-13-6-21-26(9-13)3-4-27)23-15(14)25-8-12-5-18(12,10-25)24-16(28)11-1-2-11/h6-7,9,11-12,27H,1-5,8,10H2,(H,24,28)(H,20,22,23)/t12-,18-/m1/s1. The van der Waals surface area contributed by atoms with Crippen molar-refractivity contribution >= 4 is 23.4 Å². The molecule has 1 aliphatic heterocycles. The van der Waals surface area contributed by atoms with Crippen LogP contribution in [0.4, 0.5) is 21.8 Å². The van der Waals surface area contributed by atoms with Crippen LogP contribution in [0.15, 0.2) is 18.6 Å². The van der Waals surface area contributed by atoms with E-state index in [1.807, 2.05) is 4.90 Å². The fourth-order valence-corrected chi connectivity index (χ4v) is 3.95. The van der Waals surface area contributed by atoms with Crippen molar-refractivity contribution in [1.29, 1.82) is 0 Å². The Morgan fingerprint density at radius 3 is 3.04 bits per heavy atom. The lowest BCUT2D eigenvalue weighted by Gasteiger charge is -2.23. The molecular weight excluding hydrogens is 365 g/mol. The van der Waals surface area contributed by atoms with Crippen LogP contribution in [0.25, 0.3) is 0 Å². The zero-order valence-electron chi connectivity index (χ0n) is 15.3. The molecule has 10 heteroatoms. The molecule has 1 saturated heterocycles. The molecule has 0 bridgehead atoms. The molecule has 2 atom stereocenters. The highest BCUT2D eigenvalue weighted by Gasteiger charge is 2.62. The van der Waals surface area contributed by atoms with E-state index in [4.69, 9.17) is 5.11 Å². The monoisotopic (exact) mass is 387 g/mol. The molecule has 2 aliphatic carbocycles. The molecule has 28 heavy (non-hydrogen) atoms. The van der Waals surface area contributed by atoms with Crippen LogP contribution >= 0.6 is 0 Å². The first-order valence-corrected chi connectivity index (χ1v) is 9.56. The van der Waals surface area contributed by atoms with Crippen LogP contribution in [0, 0.1) is 17.7 Å². The largest absolute Gasteiger partial charge is 0.394 e. The Balaban J connectivity index is 1.29. The molecule has 0 unspecified atom stereocenters. The predicted molar refractivity (Wildman–Crippen MR) is 98.5 cm³/mol. The molecule has 3 fully saturated rings. The highest BCUT2D eigenvalue weighted by atomic mass is 19.1. The fraction of sp³-hybridized carbons (Fsp3) is 0.556. The average molecular weight is 387 g/mol. The molecule has 5 rings (SSSR count). The maximum atomic E-state index is 14.4. The molecule has 0 spiro atoms. The number of carbonyl (C=O) groups excluding carboxylic acids is 1. The second-order valence-corrected chi connectivity index (χ2v) is 7.91. The molecule has 2 saturated carbocycles. The van der Waals surface area contributed by atoms with E-state index in [0.717, 1.165) is 25.5 Å². The van der Waals surface area contributed by atoms with Gasteiger partial charge in [-0.15, -0.1) is 0 Å². The van der Waals surface area contributed by atoms with Crippen LogP contribution in [0.5, 0.6) is 0 Å². The van der Waals surface area contributed by atoms with Gasteiger partial charge in [-0.1, -0.05) is 0 Å². The summed E-state index contributed by atoms with van der Waals surface area (Å²) in [6.45, 7) is 1.62. The molecule has 3 N–H and O–H groups in total. The molecule has 9 nitrogen and oxygen atoms in total. The maximum Gasteiger partial charge on any atom is 0.229 e. The van der Waals surface area contributed by atoms with E-state index >= 15 is 0 Å². The number of nitrogens with zero attached hydrogens (tertiary/aromatic N) is 5. The second-order valence-electron chi connectivity index (χ2n) is 7.91. The van der Waals surface area contributed by atoms with E-state index in [0.29, 0.717) is 31.2 Å². The average Bonchev–Trinajstić information content (AvgIpc) is 3.56. The third kappa shape index (κ3) is 3.17. The minimum Gasteiger partial charge on any atom is -0.394 e. The van der Waals surface area contributed by atoms with Crippen molar-refractivity contribution in [2.75, 3.05) is 29.9 Å². The Morgan fingerprint density at radius 2 is 2.25 bits per heavy atom. The molecule has 3 aliphatic rings. The zero-order chi connectivity index (χ0) is 19.3. The van der Waals surface area contributed by atoms with Crippen LogP contribution in [-0.2, 0) is 11.3 Å². The number of anilines is 3. The van der Waals surface area contributed by atoms with E-state index in [1.165, 1.54) is 0 Å². The van der Waals surface area contributed by atoms with Crippen molar-refractivity contribution in [3.63, 3.8) is 0 Å². The zero-order valence-corrected chi connectivity index (χ0v) is 15.3. The van der Waals surface area contributed by atoms with Gasteiger partial charge in [0.25, 0.3) is 0 Å². The van der Waals surface area contributed by atoms with Crippen molar-refractivity contribution < 1.29 is 14.3 Å². The van der Waals surface area contributed by atoms with Gasteiger partial charge in [0.15, 0.2) is 11.6 Å². The number of hydrogen-bond donors (Lipinski definition) is 3. The highest BCUT2D eigenvalue weighted by Crippen LogP contribution is 2.51. The second kappa shape index (κ2) is 6.40. The summed E-state index contributed by atoms with van der Waals surface area (Å²) in [7, 11) is 0. The van der Waals surface area contributed by atoms with Gasteiger partial charge in [0, 0.05) is 31.1 Å². The fourth-order valence-electron chi connectivity index (χ4n) is 3.95. The Bertz CT molecular complexity index is 915. The summed E-state index contributed by atoms with van der Waals surface area (Å²) in [6, 6.07) is 0. The van der Waals surface area contributed by atoms with E-state index in [1.54, 1.807) is 17.1 Å². The van der Waals surface area contributed by atoms with Gasteiger partial charge >= 0.3 is 0 Å². The van der Waals surface area contributed by atoms with Gasteiger partial charge in [-0.2, -0.15) is 10.1 Å². The maximum absolute atomic E-state index is 14.4. The van der Waals surface area contributed by atoms with Crippen LogP contribution in [-0.4, -0.2) is 56.0 Å². The van der Waals surface area contributed by atoms with E-state index in [-0.39, 0.29) is 35.7 Å². The van der Waals surface area contributed by atoms with Crippen LogP contribution in [0.1, 0.15) is 19.3 Å². The third-order valence-corrected chi connectivity index (χ3v) is 5.71. The number of amides is 1. The van der Waals surface area contributed by atoms with Gasteiger partial charge < -0.3 is 20.6 Å². The van der Waals surface area contributed by atoms with Gasteiger partial charge in [0.2, 0.25) is 11.9 Å². The Hall–Kier alpha value is -2.75. The van der Waals surface area contributed by atoms with Crippen molar-refractivity contribution in [3.8, 4) is 0 Å². The van der Waals surface area contributed by atoms with Crippen molar-refractivity contribution in [3.05, 3.63) is 24.4 Å². The first-order chi connectivity index (χ1) is 13.6. The number of hydrogen-bond acceptors (Lipinski definition) is 7. The predicted octanol–water partition coefficient (Wildman–Crippen LogP) is 0.653. The summed E-state index contributed by atoms with van der Waals surface area (Å²) in [5, 5.41) is 19.3. The number of piperidine rings is 1. The molecule has 3 heterocycles. The SMILES string of the molecule is O=C(N[C@@]12C[C@@H]1CN(c1nc(Nc3cnn(CCO)c3)ncc1F)C2)C1CC1. The molecule has 2 aromatic rings. The van der Waals surface area contributed by atoms with Crippen LogP contribution < -0.4 is 15.5 Å². The number of fused-ring (bicyclic) bond motifs is 1. The van der Waals surface area contributed by atoms with Crippen molar-refractivity contribution in [2.45, 2.75) is 31.3 Å². The number of aliphatic hydroxyl groups excluding tert-OH is 1. The van der Waals surface area contributed by atoms with Crippen LogP contribution in [0.2, 0.25) is 0 Å². The Morgan fingerprint density at radius 1 is 1.39 bits per heavy atom. The lowest BCUT2D eigenvalue weighted by atomic mass is 10.2. The topological polar surface area (TPSA) is 108 Å². The number of nitrogens with one attached hydrogen (secondary N) is 2. The summed E-state index contributed by atoms with van der Waals surface area (Å²) in [6.07, 6.45) is 7.36. The highest BCUT2D eigenvalue weighted by molar-refractivity contribution is 5.82. The minimum atomic E-state index is -0.480. The lowest BCUT2D eigenvalue weighted by molar-refractivity contribution is -0.123. The summed E-state index contributed by atoms with van der Waals surface area (Å²) in [5.41, 5.74) is 0.430. The summed E-state index contributed by atoms with van der Waals surface area (Å²) < 4.78 is 16.0. The van der Waals surface area contributed by atoms with E-state index < -0.39 is 5.82 Å². The van der Waals surface area contributed by atoms with Gasteiger partial charge in [0.1, 0.15) is 0 Å². The number of aliphatic hydroxyl groups is 1. The number of halogens is 1. The molecular formula is C18H22FN7O2. The molecule has 1 amide bonds. The van der Waals surface area contributed by atoms with Crippen molar-refractivity contribution in [1.82, 2.24) is 25.1 Å².